The smallest absolute Gasteiger partial charge is 0.412 e. The number of nitrogens with zero attached hydrogens (tertiary/aromatic N) is 3. The first-order chi connectivity index (χ1) is 13.3. The van der Waals surface area contributed by atoms with Gasteiger partial charge in [0.1, 0.15) is 11.3 Å². The zero-order valence-electron chi connectivity index (χ0n) is 15.7. The number of H-pyrrole nitrogens is 1. The van der Waals surface area contributed by atoms with Crippen LogP contribution in [0, 0.1) is 0 Å². The normalized spacial score (nSPS) is 11.0. The number of aromatic amines is 1. The quantitative estimate of drug-likeness (QED) is 0.637. The number of hydrogen-bond donors (Lipinski definition) is 3. The van der Waals surface area contributed by atoms with E-state index in [9.17, 15) is 9.59 Å². The van der Waals surface area contributed by atoms with E-state index in [0.717, 1.165) is 0 Å². The molecular weight excluding hydrogens is 360 g/mol. The first-order valence-corrected chi connectivity index (χ1v) is 8.55. The maximum absolute atomic E-state index is 12.3. The molecule has 0 aliphatic carbocycles. The van der Waals surface area contributed by atoms with E-state index in [1.165, 1.54) is 0 Å². The summed E-state index contributed by atoms with van der Waals surface area (Å²) in [5, 5.41) is 11.9. The molecule has 0 radical (unpaired) electrons. The molecule has 0 atom stereocenters. The van der Waals surface area contributed by atoms with Gasteiger partial charge in [0.25, 0.3) is 5.91 Å². The molecule has 0 aliphatic heterocycles. The number of anilines is 2. The number of carbonyl (C=O) groups is 2. The molecule has 2 aromatic heterocycles. The minimum Gasteiger partial charge on any atom is -0.444 e. The van der Waals surface area contributed by atoms with Crippen LogP contribution in [0.1, 0.15) is 31.1 Å². The minimum atomic E-state index is -0.589. The van der Waals surface area contributed by atoms with Gasteiger partial charge in [-0.3, -0.25) is 25.5 Å². The molecular formula is C19H20N6O3. The van der Waals surface area contributed by atoms with E-state index < -0.39 is 11.7 Å². The lowest BCUT2D eigenvalue weighted by atomic mass is 10.2. The summed E-state index contributed by atoms with van der Waals surface area (Å²) in [6.07, 6.45) is 1.08. The van der Waals surface area contributed by atoms with E-state index in [2.05, 4.69) is 30.8 Å². The molecule has 144 valence electrons. The van der Waals surface area contributed by atoms with Crippen molar-refractivity contribution in [3.05, 3.63) is 54.2 Å². The monoisotopic (exact) mass is 380 g/mol. The molecule has 3 N–H and O–H groups in total. The Morgan fingerprint density at radius 2 is 1.79 bits per heavy atom. The summed E-state index contributed by atoms with van der Waals surface area (Å²) in [6, 6.07) is 11.8. The molecule has 2 heterocycles. The molecule has 3 aromatic rings. The standard InChI is InChI=1S/C19H20N6O3/c1-19(2,3)28-18(27)21-13-9-7-12(8-10-13)16(26)23-17-22-15(24-25-17)14-6-4-5-11-20-14/h4-11H,1-3H3,(H,21,27)(H2,22,23,24,25,26). The van der Waals surface area contributed by atoms with Crippen LogP contribution in [-0.4, -0.2) is 37.8 Å². The summed E-state index contributed by atoms with van der Waals surface area (Å²) in [7, 11) is 0. The highest BCUT2D eigenvalue weighted by Crippen LogP contribution is 2.15. The van der Waals surface area contributed by atoms with Gasteiger partial charge in [0.2, 0.25) is 5.95 Å². The van der Waals surface area contributed by atoms with Crippen LogP contribution in [0.2, 0.25) is 0 Å². The number of rotatable bonds is 4. The third-order valence-corrected chi connectivity index (χ3v) is 3.41. The summed E-state index contributed by atoms with van der Waals surface area (Å²) in [5.74, 6) is 0.213. The Morgan fingerprint density at radius 1 is 1.04 bits per heavy atom. The summed E-state index contributed by atoms with van der Waals surface area (Å²) >= 11 is 0. The van der Waals surface area contributed by atoms with Crippen LogP contribution < -0.4 is 10.6 Å². The molecule has 9 nitrogen and oxygen atoms in total. The Kier molecular flexibility index (Phi) is 5.35. The summed E-state index contributed by atoms with van der Waals surface area (Å²) in [6.45, 7) is 5.34. The highest BCUT2D eigenvalue weighted by atomic mass is 16.6. The summed E-state index contributed by atoms with van der Waals surface area (Å²) in [4.78, 5) is 32.5. The Morgan fingerprint density at radius 3 is 2.43 bits per heavy atom. The molecule has 0 aliphatic rings. The number of hydrogen-bond acceptors (Lipinski definition) is 6. The van der Waals surface area contributed by atoms with Crippen molar-refractivity contribution in [2.75, 3.05) is 10.6 Å². The number of amides is 2. The van der Waals surface area contributed by atoms with Gasteiger partial charge in [0.05, 0.1) is 0 Å². The van der Waals surface area contributed by atoms with Crippen molar-refractivity contribution >= 4 is 23.6 Å². The van der Waals surface area contributed by atoms with Crippen LogP contribution in [0.25, 0.3) is 11.5 Å². The molecule has 9 heteroatoms. The maximum Gasteiger partial charge on any atom is 0.412 e. The van der Waals surface area contributed by atoms with Crippen molar-refractivity contribution in [2.24, 2.45) is 0 Å². The van der Waals surface area contributed by atoms with Gasteiger partial charge in [0, 0.05) is 17.4 Å². The Hall–Kier alpha value is -3.75. The van der Waals surface area contributed by atoms with Gasteiger partial charge in [-0.1, -0.05) is 6.07 Å². The van der Waals surface area contributed by atoms with E-state index in [4.69, 9.17) is 4.74 Å². The van der Waals surface area contributed by atoms with Crippen LogP contribution >= 0.6 is 0 Å². The Balaban J connectivity index is 1.61. The molecule has 3 rings (SSSR count). The molecule has 28 heavy (non-hydrogen) atoms. The summed E-state index contributed by atoms with van der Waals surface area (Å²) < 4.78 is 5.18. The van der Waals surface area contributed by atoms with Gasteiger partial charge >= 0.3 is 6.09 Å². The van der Waals surface area contributed by atoms with Gasteiger partial charge in [-0.15, -0.1) is 5.10 Å². The molecule has 0 saturated carbocycles. The second-order valence-corrected chi connectivity index (χ2v) is 6.88. The van der Waals surface area contributed by atoms with E-state index in [1.54, 1.807) is 63.4 Å². The molecule has 0 fully saturated rings. The number of nitrogens with one attached hydrogen (secondary N) is 3. The van der Waals surface area contributed by atoms with Crippen molar-refractivity contribution < 1.29 is 14.3 Å². The molecule has 0 bridgehead atoms. The fourth-order valence-corrected chi connectivity index (χ4v) is 2.24. The number of aromatic nitrogens is 4. The van der Waals surface area contributed by atoms with E-state index >= 15 is 0 Å². The molecule has 0 spiro atoms. The fourth-order valence-electron chi connectivity index (χ4n) is 2.24. The number of ether oxygens (including phenoxy) is 1. The van der Waals surface area contributed by atoms with Crippen LogP contribution in [-0.2, 0) is 4.74 Å². The molecule has 1 aromatic carbocycles. The Labute approximate surface area is 161 Å². The Bertz CT molecular complexity index is 961. The SMILES string of the molecule is CC(C)(C)OC(=O)Nc1ccc(C(=O)Nc2n[nH]c(-c3ccccn3)n2)cc1. The van der Waals surface area contributed by atoms with Gasteiger partial charge in [-0.2, -0.15) is 4.98 Å². The van der Waals surface area contributed by atoms with E-state index in [1.807, 2.05) is 6.07 Å². The van der Waals surface area contributed by atoms with Crippen LogP contribution in [0.3, 0.4) is 0 Å². The molecule has 0 saturated heterocycles. The van der Waals surface area contributed by atoms with Crippen LogP contribution in [0.4, 0.5) is 16.4 Å². The fraction of sp³-hybridized carbons (Fsp3) is 0.211. The maximum atomic E-state index is 12.3. The van der Waals surface area contributed by atoms with Crippen molar-refractivity contribution in [3.8, 4) is 11.5 Å². The zero-order chi connectivity index (χ0) is 20.1. The lowest BCUT2D eigenvalue weighted by Gasteiger charge is -2.19. The molecule has 2 amide bonds. The van der Waals surface area contributed by atoms with Crippen molar-refractivity contribution in [1.29, 1.82) is 0 Å². The van der Waals surface area contributed by atoms with E-state index in [-0.39, 0.29) is 11.9 Å². The topological polar surface area (TPSA) is 122 Å². The average Bonchev–Trinajstić information content (AvgIpc) is 3.10. The van der Waals surface area contributed by atoms with E-state index in [0.29, 0.717) is 22.8 Å². The first-order valence-electron chi connectivity index (χ1n) is 8.55. The average molecular weight is 380 g/mol. The number of carbonyl (C=O) groups excluding carboxylic acids is 2. The van der Waals surface area contributed by atoms with Crippen LogP contribution in [0.5, 0.6) is 0 Å². The van der Waals surface area contributed by atoms with Gasteiger partial charge in [-0.25, -0.2) is 4.79 Å². The highest BCUT2D eigenvalue weighted by molar-refractivity contribution is 6.03. The predicted octanol–water partition coefficient (Wildman–Crippen LogP) is 3.47. The lowest BCUT2D eigenvalue weighted by Crippen LogP contribution is -2.27. The molecule has 0 unspecified atom stereocenters. The highest BCUT2D eigenvalue weighted by Gasteiger charge is 2.16. The van der Waals surface area contributed by atoms with Gasteiger partial charge in [0.15, 0.2) is 5.82 Å². The summed E-state index contributed by atoms with van der Waals surface area (Å²) in [5.41, 5.74) is 0.933. The predicted molar refractivity (Wildman–Crippen MR) is 104 cm³/mol. The minimum absolute atomic E-state index is 0.140. The van der Waals surface area contributed by atoms with Crippen molar-refractivity contribution in [3.63, 3.8) is 0 Å². The van der Waals surface area contributed by atoms with Gasteiger partial charge in [-0.05, 0) is 57.2 Å². The lowest BCUT2D eigenvalue weighted by molar-refractivity contribution is 0.0636. The van der Waals surface area contributed by atoms with Crippen LogP contribution in [0.15, 0.2) is 48.7 Å². The van der Waals surface area contributed by atoms with Crippen molar-refractivity contribution in [2.45, 2.75) is 26.4 Å². The van der Waals surface area contributed by atoms with Crippen molar-refractivity contribution in [1.82, 2.24) is 20.2 Å². The largest absolute Gasteiger partial charge is 0.444 e. The number of benzene rings is 1. The third kappa shape index (κ3) is 5.13. The first kappa shape index (κ1) is 19.0. The van der Waals surface area contributed by atoms with Gasteiger partial charge < -0.3 is 4.74 Å². The second kappa shape index (κ2) is 7.87. The third-order valence-electron chi connectivity index (χ3n) is 3.41. The number of pyridine rings is 1. The zero-order valence-corrected chi connectivity index (χ0v) is 15.7. The second-order valence-electron chi connectivity index (χ2n) is 6.88.